The number of aromatic nitrogens is 2. The van der Waals surface area contributed by atoms with Crippen LogP contribution in [0.3, 0.4) is 0 Å². The summed E-state index contributed by atoms with van der Waals surface area (Å²) < 4.78 is 27.2. The van der Waals surface area contributed by atoms with Gasteiger partial charge in [0.2, 0.25) is 5.13 Å². The Balaban J connectivity index is 1.77. The van der Waals surface area contributed by atoms with Crippen molar-refractivity contribution in [2.45, 2.75) is 18.2 Å². The number of carbonyl (C=O) groups is 1. The van der Waals surface area contributed by atoms with Crippen molar-refractivity contribution in [3.05, 3.63) is 64.2 Å². The third-order valence-electron chi connectivity index (χ3n) is 3.57. The highest BCUT2D eigenvalue weighted by Gasteiger charge is 2.22. The van der Waals surface area contributed by atoms with Crippen LogP contribution in [-0.4, -0.2) is 24.5 Å². The van der Waals surface area contributed by atoms with Crippen LogP contribution in [0.4, 0.5) is 10.8 Å². The molecule has 0 aliphatic rings. The van der Waals surface area contributed by atoms with Gasteiger partial charge in [0, 0.05) is 10.6 Å². The molecule has 10 heteroatoms. The first-order valence-corrected chi connectivity index (χ1v) is 10.4. The number of benzene rings is 2. The van der Waals surface area contributed by atoms with Gasteiger partial charge in [-0.3, -0.25) is 14.8 Å². The molecule has 0 unspecified atom stereocenters. The molecule has 0 aliphatic heterocycles. The molecule has 3 aromatic rings. The largest absolute Gasteiger partial charge is 0.296 e. The summed E-state index contributed by atoms with van der Waals surface area (Å²) in [4.78, 5) is 12.2. The summed E-state index contributed by atoms with van der Waals surface area (Å²) in [6, 6.07) is 11.8. The van der Waals surface area contributed by atoms with Gasteiger partial charge >= 0.3 is 0 Å². The number of halogens is 1. The molecule has 2 N–H and O–H groups in total. The van der Waals surface area contributed by atoms with Crippen molar-refractivity contribution >= 4 is 49.7 Å². The van der Waals surface area contributed by atoms with E-state index in [1.807, 2.05) is 13.0 Å². The Morgan fingerprint density at radius 2 is 1.89 bits per heavy atom. The molecule has 0 spiro atoms. The number of hydrogen-bond donors (Lipinski definition) is 2. The molecule has 1 aromatic heterocycles. The van der Waals surface area contributed by atoms with E-state index in [9.17, 15) is 13.2 Å². The first-order valence-electron chi connectivity index (χ1n) is 7.75. The van der Waals surface area contributed by atoms with Crippen molar-refractivity contribution < 1.29 is 13.2 Å². The smallest absolute Gasteiger partial charge is 0.291 e. The zero-order chi connectivity index (χ0) is 19.6. The lowest BCUT2D eigenvalue weighted by atomic mass is 10.1. The van der Waals surface area contributed by atoms with Gasteiger partial charge in [-0.2, -0.15) is 8.42 Å². The Bertz CT molecular complexity index is 1110. The molecule has 0 saturated heterocycles. The van der Waals surface area contributed by atoms with E-state index in [-0.39, 0.29) is 15.4 Å². The second-order valence-electron chi connectivity index (χ2n) is 5.76. The molecule has 3 rings (SSSR count). The van der Waals surface area contributed by atoms with Gasteiger partial charge in [0.25, 0.3) is 20.3 Å². The summed E-state index contributed by atoms with van der Waals surface area (Å²) in [7, 11) is -3.93. The molecule has 7 nitrogen and oxygen atoms in total. The van der Waals surface area contributed by atoms with E-state index in [1.54, 1.807) is 43.3 Å². The molecule has 0 bridgehead atoms. The van der Waals surface area contributed by atoms with Crippen molar-refractivity contribution in [1.82, 2.24) is 10.2 Å². The number of carbonyl (C=O) groups excluding carboxylic acids is 1. The van der Waals surface area contributed by atoms with Crippen molar-refractivity contribution in [2.24, 2.45) is 0 Å². The number of nitrogens with one attached hydrogen (secondary N) is 2. The van der Waals surface area contributed by atoms with Crippen LogP contribution in [-0.2, 0) is 10.0 Å². The van der Waals surface area contributed by atoms with Gasteiger partial charge in [-0.15, -0.1) is 10.2 Å². The molecule has 2 aromatic carbocycles. The average molecular weight is 423 g/mol. The number of amides is 1. The third kappa shape index (κ3) is 4.62. The standard InChI is InChI=1S/C17H15ClN4O3S2/c1-10-4-3-5-12(8-10)15(23)19-16-20-21-17(26-16)27(24,25)22-14-7-6-13(18)9-11(14)2/h3-9,22H,1-2H3,(H,19,20,23). The Labute approximate surface area is 165 Å². The van der Waals surface area contributed by atoms with Crippen LogP contribution in [0.2, 0.25) is 5.02 Å². The highest BCUT2D eigenvalue weighted by atomic mass is 35.5. The number of hydrogen-bond acceptors (Lipinski definition) is 6. The first-order chi connectivity index (χ1) is 12.7. The molecular weight excluding hydrogens is 408 g/mol. The fourth-order valence-corrected chi connectivity index (χ4v) is 4.51. The minimum atomic E-state index is -3.93. The molecule has 0 saturated carbocycles. The fraction of sp³-hybridized carbons (Fsp3) is 0.118. The van der Waals surface area contributed by atoms with Crippen LogP contribution >= 0.6 is 22.9 Å². The summed E-state index contributed by atoms with van der Waals surface area (Å²) in [5.41, 5.74) is 2.44. The Hall–Kier alpha value is -2.49. The third-order valence-corrected chi connectivity index (χ3v) is 6.38. The van der Waals surface area contributed by atoms with E-state index in [0.717, 1.165) is 16.9 Å². The summed E-state index contributed by atoms with van der Waals surface area (Å²) in [5.74, 6) is -0.389. The predicted octanol–water partition coefficient (Wildman–Crippen LogP) is 3.86. The quantitative estimate of drug-likeness (QED) is 0.608. The van der Waals surface area contributed by atoms with Gasteiger partial charge in [0.05, 0.1) is 5.69 Å². The van der Waals surface area contributed by atoms with Crippen molar-refractivity contribution in [3.8, 4) is 0 Å². The van der Waals surface area contributed by atoms with Gasteiger partial charge in [-0.1, -0.05) is 40.6 Å². The zero-order valence-corrected chi connectivity index (χ0v) is 16.7. The second-order valence-corrected chi connectivity index (χ2v) is 9.03. The molecule has 140 valence electrons. The van der Waals surface area contributed by atoms with Crippen LogP contribution in [0.25, 0.3) is 0 Å². The van der Waals surface area contributed by atoms with E-state index in [0.29, 0.717) is 21.8 Å². The van der Waals surface area contributed by atoms with Crippen LogP contribution in [0.1, 0.15) is 21.5 Å². The number of rotatable bonds is 5. The monoisotopic (exact) mass is 422 g/mol. The molecule has 1 amide bonds. The zero-order valence-electron chi connectivity index (χ0n) is 14.4. The Kier molecular flexibility index (Phi) is 5.45. The molecule has 0 radical (unpaired) electrons. The van der Waals surface area contributed by atoms with E-state index < -0.39 is 10.0 Å². The normalized spacial score (nSPS) is 11.2. The topological polar surface area (TPSA) is 101 Å². The number of nitrogens with zero attached hydrogens (tertiary/aromatic N) is 2. The van der Waals surface area contributed by atoms with E-state index in [1.165, 1.54) is 0 Å². The molecule has 1 heterocycles. The maximum atomic E-state index is 12.5. The second kappa shape index (κ2) is 7.63. The summed E-state index contributed by atoms with van der Waals surface area (Å²) >= 11 is 6.64. The van der Waals surface area contributed by atoms with Crippen LogP contribution in [0.5, 0.6) is 0 Å². The number of aryl methyl sites for hydroxylation is 2. The van der Waals surface area contributed by atoms with Crippen LogP contribution in [0, 0.1) is 13.8 Å². The lowest BCUT2D eigenvalue weighted by molar-refractivity contribution is 0.102. The van der Waals surface area contributed by atoms with Gasteiger partial charge < -0.3 is 0 Å². The van der Waals surface area contributed by atoms with E-state index in [2.05, 4.69) is 20.2 Å². The molecule has 0 atom stereocenters. The van der Waals surface area contributed by atoms with Crippen molar-refractivity contribution in [2.75, 3.05) is 10.0 Å². The van der Waals surface area contributed by atoms with Crippen LogP contribution in [0.15, 0.2) is 46.8 Å². The predicted molar refractivity (Wildman–Crippen MR) is 106 cm³/mol. The lowest BCUT2D eigenvalue weighted by Crippen LogP contribution is -2.13. The first kappa shape index (κ1) is 19.3. The van der Waals surface area contributed by atoms with E-state index >= 15 is 0 Å². The molecule has 27 heavy (non-hydrogen) atoms. The maximum absolute atomic E-state index is 12.5. The van der Waals surface area contributed by atoms with Gasteiger partial charge in [-0.25, -0.2) is 0 Å². The highest BCUT2D eigenvalue weighted by molar-refractivity contribution is 7.94. The summed E-state index contributed by atoms with van der Waals surface area (Å²) in [6.07, 6.45) is 0. The molecular formula is C17H15ClN4O3S2. The number of sulfonamides is 1. The Morgan fingerprint density at radius 1 is 1.11 bits per heavy atom. The van der Waals surface area contributed by atoms with Crippen LogP contribution < -0.4 is 10.0 Å². The summed E-state index contributed by atoms with van der Waals surface area (Å²) in [6.45, 7) is 3.61. The average Bonchev–Trinajstić information content (AvgIpc) is 3.07. The lowest BCUT2D eigenvalue weighted by Gasteiger charge is -2.08. The maximum Gasteiger partial charge on any atom is 0.291 e. The summed E-state index contributed by atoms with van der Waals surface area (Å²) in [5, 5.41) is 10.6. The minimum Gasteiger partial charge on any atom is -0.296 e. The van der Waals surface area contributed by atoms with Crippen molar-refractivity contribution in [3.63, 3.8) is 0 Å². The minimum absolute atomic E-state index is 0.0923. The van der Waals surface area contributed by atoms with Crippen molar-refractivity contribution in [1.29, 1.82) is 0 Å². The van der Waals surface area contributed by atoms with Gasteiger partial charge in [0.1, 0.15) is 0 Å². The van der Waals surface area contributed by atoms with Gasteiger partial charge in [-0.05, 0) is 49.7 Å². The fourth-order valence-electron chi connectivity index (χ4n) is 2.25. The SMILES string of the molecule is Cc1cccc(C(=O)Nc2nnc(S(=O)(=O)Nc3ccc(Cl)cc3C)s2)c1. The highest BCUT2D eigenvalue weighted by Crippen LogP contribution is 2.26. The molecule has 0 aliphatic carbocycles. The number of anilines is 2. The van der Waals surface area contributed by atoms with Gasteiger partial charge in [0.15, 0.2) is 0 Å². The Morgan fingerprint density at radius 3 is 2.59 bits per heavy atom. The van der Waals surface area contributed by atoms with E-state index in [4.69, 9.17) is 11.6 Å². The molecule has 0 fully saturated rings.